The first-order valence-electron chi connectivity index (χ1n) is 11.8. The van der Waals surface area contributed by atoms with Crippen LogP contribution >= 0.6 is 11.6 Å². The fourth-order valence-electron chi connectivity index (χ4n) is 3.99. The van der Waals surface area contributed by atoms with Gasteiger partial charge >= 0.3 is 0 Å². The molecule has 0 aliphatic carbocycles. The van der Waals surface area contributed by atoms with E-state index in [2.05, 4.69) is 15.0 Å². The smallest absolute Gasteiger partial charge is 0.231 e. The Labute approximate surface area is 220 Å². The highest BCUT2D eigenvalue weighted by Crippen LogP contribution is 2.33. The second kappa shape index (κ2) is 10.2. The molecule has 2 aromatic carbocycles. The van der Waals surface area contributed by atoms with Crippen molar-refractivity contribution in [1.82, 2.24) is 9.97 Å². The summed E-state index contributed by atoms with van der Waals surface area (Å²) >= 11 is 6.52. The van der Waals surface area contributed by atoms with Gasteiger partial charge in [0.15, 0.2) is 5.82 Å². The van der Waals surface area contributed by atoms with Crippen molar-refractivity contribution in [3.05, 3.63) is 87.5 Å². The second-order valence-electron chi connectivity index (χ2n) is 9.72. The maximum Gasteiger partial charge on any atom is 0.231 e. The maximum atomic E-state index is 14.1. The topological polar surface area (TPSA) is 70.8 Å². The van der Waals surface area contributed by atoms with E-state index in [1.807, 2.05) is 43.9 Å². The average Bonchev–Trinajstić information content (AvgIpc) is 2.82. The van der Waals surface area contributed by atoms with E-state index in [4.69, 9.17) is 16.3 Å². The van der Waals surface area contributed by atoms with E-state index in [1.165, 1.54) is 6.07 Å². The molecule has 3 aromatic rings. The van der Waals surface area contributed by atoms with Gasteiger partial charge in [-0.2, -0.15) is 0 Å². The number of hydrogen-bond acceptors (Lipinski definition) is 6. The zero-order chi connectivity index (χ0) is 27.1. The first kappa shape index (κ1) is 26.7. The molecule has 194 valence electrons. The van der Waals surface area contributed by atoms with E-state index >= 15 is 0 Å². The van der Waals surface area contributed by atoms with Crippen LogP contribution < -0.4 is 4.90 Å². The predicted molar refractivity (Wildman–Crippen MR) is 141 cm³/mol. The SMILES string of the molecule is Cc1cc(COC2=NC(C)N(c3cc(-c4nc(C(C)(C)O)ncc4C)ccc3C)C=C2Cl)c(F)cc1F. The van der Waals surface area contributed by atoms with Crippen molar-refractivity contribution in [3.8, 4) is 11.3 Å². The highest BCUT2D eigenvalue weighted by molar-refractivity contribution is 6.42. The van der Waals surface area contributed by atoms with Crippen LogP contribution in [0.3, 0.4) is 0 Å². The highest BCUT2D eigenvalue weighted by atomic mass is 35.5. The van der Waals surface area contributed by atoms with Crippen LogP contribution in [0, 0.1) is 32.4 Å². The van der Waals surface area contributed by atoms with E-state index < -0.39 is 17.2 Å². The van der Waals surface area contributed by atoms with Crippen LogP contribution in [-0.2, 0) is 16.9 Å². The van der Waals surface area contributed by atoms with E-state index in [0.29, 0.717) is 11.4 Å². The molecular weight excluding hydrogens is 498 g/mol. The monoisotopic (exact) mass is 526 g/mol. The van der Waals surface area contributed by atoms with Gasteiger partial charge in [-0.05, 0) is 70.4 Å². The summed E-state index contributed by atoms with van der Waals surface area (Å²) in [5.41, 5.74) is 3.69. The lowest BCUT2D eigenvalue weighted by molar-refractivity contribution is 0.0688. The van der Waals surface area contributed by atoms with Gasteiger partial charge in [0, 0.05) is 35.3 Å². The molecule has 1 aliphatic heterocycles. The molecule has 4 rings (SSSR count). The van der Waals surface area contributed by atoms with Crippen molar-refractivity contribution < 1.29 is 18.6 Å². The summed E-state index contributed by atoms with van der Waals surface area (Å²) in [4.78, 5) is 15.4. The number of aliphatic imine (C=N–C) groups is 1. The number of halogens is 3. The van der Waals surface area contributed by atoms with Crippen molar-refractivity contribution in [2.24, 2.45) is 4.99 Å². The number of rotatable bonds is 5. The van der Waals surface area contributed by atoms with Gasteiger partial charge in [0.1, 0.15) is 35.0 Å². The molecule has 0 fully saturated rings. The molecule has 0 spiro atoms. The van der Waals surface area contributed by atoms with Gasteiger partial charge in [-0.3, -0.25) is 0 Å². The largest absolute Gasteiger partial charge is 0.472 e. The van der Waals surface area contributed by atoms with Crippen LogP contribution in [0.5, 0.6) is 0 Å². The first-order valence-corrected chi connectivity index (χ1v) is 12.2. The zero-order valence-corrected chi connectivity index (χ0v) is 22.4. The summed E-state index contributed by atoms with van der Waals surface area (Å²) in [6.07, 6.45) is 3.06. The van der Waals surface area contributed by atoms with Crippen LogP contribution in [0.1, 0.15) is 48.8 Å². The van der Waals surface area contributed by atoms with E-state index in [9.17, 15) is 13.9 Å². The molecule has 37 heavy (non-hydrogen) atoms. The third kappa shape index (κ3) is 5.65. The predicted octanol–water partition coefficient (Wildman–Crippen LogP) is 6.44. The lowest BCUT2D eigenvalue weighted by Gasteiger charge is -2.31. The molecule has 0 amide bonds. The van der Waals surface area contributed by atoms with Gasteiger partial charge in [-0.25, -0.2) is 23.7 Å². The Morgan fingerprint density at radius 2 is 1.78 bits per heavy atom. The summed E-state index contributed by atoms with van der Waals surface area (Å²) < 4.78 is 33.4. The van der Waals surface area contributed by atoms with Crippen molar-refractivity contribution in [2.75, 3.05) is 4.90 Å². The van der Waals surface area contributed by atoms with Crippen molar-refractivity contribution >= 4 is 23.2 Å². The molecule has 6 nitrogen and oxygen atoms in total. The quantitative estimate of drug-likeness (QED) is 0.414. The maximum absolute atomic E-state index is 14.1. The van der Waals surface area contributed by atoms with E-state index in [0.717, 1.165) is 34.1 Å². The zero-order valence-electron chi connectivity index (χ0n) is 21.6. The number of aliphatic hydroxyl groups is 1. The van der Waals surface area contributed by atoms with Crippen LogP contribution in [0.4, 0.5) is 14.5 Å². The minimum Gasteiger partial charge on any atom is -0.472 e. The third-order valence-electron chi connectivity index (χ3n) is 6.14. The Balaban J connectivity index is 1.61. The highest BCUT2D eigenvalue weighted by Gasteiger charge is 2.25. The van der Waals surface area contributed by atoms with Crippen LogP contribution in [0.25, 0.3) is 11.3 Å². The molecule has 0 saturated carbocycles. The summed E-state index contributed by atoms with van der Waals surface area (Å²) in [7, 11) is 0. The number of aromatic nitrogens is 2. The number of hydrogen-bond donors (Lipinski definition) is 1. The number of benzene rings is 2. The summed E-state index contributed by atoms with van der Waals surface area (Å²) in [5, 5.41) is 10.6. The van der Waals surface area contributed by atoms with Crippen LogP contribution in [0.2, 0.25) is 0 Å². The Hall–Kier alpha value is -3.36. The van der Waals surface area contributed by atoms with Crippen molar-refractivity contribution in [3.63, 3.8) is 0 Å². The molecular formula is C28H29ClF2N4O2. The summed E-state index contributed by atoms with van der Waals surface area (Å²) in [6.45, 7) is 10.5. The Bertz CT molecular complexity index is 1420. The third-order valence-corrected chi connectivity index (χ3v) is 6.39. The molecule has 1 N–H and O–H groups in total. The number of nitrogens with zero attached hydrogens (tertiary/aromatic N) is 4. The molecule has 1 unspecified atom stereocenters. The van der Waals surface area contributed by atoms with Gasteiger partial charge in [-0.15, -0.1) is 0 Å². The average molecular weight is 527 g/mol. The van der Waals surface area contributed by atoms with Gasteiger partial charge in [0.2, 0.25) is 5.90 Å². The van der Waals surface area contributed by atoms with Crippen LogP contribution in [-0.4, -0.2) is 27.1 Å². The lowest BCUT2D eigenvalue weighted by Crippen LogP contribution is -2.32. The number of anilines is 1. The minimum absolute atomic E-state index is 0.131. The second-order valence-corrected chi connectivity index (χ2v) is 10.1. The van der Waals surface area contributed by atoms with Crippen molar-refractivity contribution in [1.29, 1.82) is 0 Å². The molecule has 0 bridgehead atoms. The molecule has 1 atom stereocenters. The number of ether oxygens (including phenoxy) is 1. The van der Waals surface area contributed by atoms with E-state index in [-0.39, 0.29) is 29.3 Å². The molecule has 1 aliphatic rings. The Morgan fingerprint density at radius 1 is 1.05 bits per heavy atom. The fourth-order valence-corrected chi connectivity index (χ4v) is 4.20. The standard InChI is InChI=1S/C28H29ClF2N4O2/c1-15-7-8-19(25-17(3)12-32-27(34-25)28(5,6)36)10-24(15)35-13-21(29)26(33-18(35)4)37-14-20-9-16(2)22(30)11-23(20)31/h7-13,18,36H,14H2,1-6H3. The molecule has 1 aromatic heterocycles. The Morgan fingerprint density at radius 3 is 2.49 bits per heavy atom. The van der Waals surface area contributed by atoms with Gasteiger partial charge < -0.3 is 14.7 Å². The van der Waals surface area contributed by atoms with Crippen molar-refractivity contribution in [2.45, 2.75) is 59.9 Å². The Kier molecular flexibility index (Phi) is 7.35. The molecule has 2 heterocycles. The normalized spacial score (nSPS) is 15.9. The molecule has 0 saturated heterocycles. The first-order chi connectivity index (χ1) is 17.3. The summed E-state index contributed by atoms with van der Waals surface area (Å²) in [5.74, 6) is -0.773. The van der Waals surface area contributed by atoms with Gasteiger partial charge in [0.25, 0.3) is 0 Å². The molecule has 9 heteroatoms. The summed E-state index contributed by atoms with van der Waals surface area (Å²) in [6, 6.07) is 8.21. The minimum atomic E-state index is -1.17. The van der Waals surface area contributed by atoms with Crippen LogP contribution in [0.15, 0.2) is 52.8 Å². The lowest BCUT2D eigenvalue weighted by atomic mass is 10.0. The van der Waals surface area contributed by atoms with Gasteiger partial charge in [-0.1, -0.05) is 23.7 Å². The van der Waals surface area contributed by atoms with Gasteiger partial charge in [0.05, 0.1) is 5.69 Å². The fraction of sp³-hybridized carbons (Fsp3) is 0.321. The van der Waals surface area contributed by atoms with E-state index in [1.54, 1.807) is 33.2 Å². The molecule has 0 radical (unpaired) electrons. The number of aryl methyl sites for hydroxylation is 3.